The van der Waals surface area contributed by atoms with Crippen LogP contribution in [0.15, 0.2) is 107 Å². The number of fused-ring (bicyclic) bond motifs is 1. The molecular formula is C26H24N2O2S2. The molecule has 0 amide bonds. The topological polar surface area (TPSA) is 49.7 Å². The van der Waals surface area contributed by atoms with Gasteiger partial charge in [-0.3, -0.25) is 0 Å². The molecule has 0 fully saturated rings. The van der Waals surface area contributed by atoms with Crippen LogP contribution in [0.1, 0.15) is 16.7 Å². The van der Waals surface area contributed by atoms with Gasteiger partial charge in [-0.2, -0.15) is 12.8 Å². The second-order valence-corrected chi connectivity index (χ2v) is 9.90. The lowest BCUT2D eigenvalue weighted by atomic mass is 9.99. The fraction of sp³-hybridized carbons (Fsp3) is 0.115. The Hall–Kier alpha value is -3.09. The normalized spacial score (nSPS) is 15.1. The van der Waals surface area contributed by atoms with Crippen LogP contribution in [0.4, 0.5) is 5.69 Å². The molecule has 32 heavy (non-hydrogen) atoms. The summed E-state index contributed by atoms with van der Waals surface area (Å²) in [6, 6.07) is 25.2. The highest BCUT2D eigenvalue weighted by Gasteiger charge is 2.18. The quantitative estimate of drug-likeness (QED) is 0.343. The molecule has 4 nitrogen and oxygen atoms in total. The van der Waals surface area contributed by atoms with Crippen LogP contribution in [-0.4, -0.2) is 19.7 Å². The maximum absolute atomic E-state index is 12.8. The molecule has 162 valence electrons. The van der Waals surface area contributed by atoms with Gasteiger partial charge < -0.3 is 4.90 Å². The van der Waals surface area contributed by atoms with Crippen molar-refractivity contribution < 1.29 is 8.42 Å². The van der Waals surface area contributed by atoms with Gasteiger partial charge in [-0.05, 0) is 54.7 Å². The first-order chi connectivity index (χ1) is 15.5. The van der Waals surface area contributed by atoms with Crippen molar-refractivity contribution in [1.29, 1.82) is 0 Å². The molecule has 0 radical (unpaired) electrons. The van der Waals surface area contributed by atoms with Crippen LogP contribution in [0.3, 0.4) is 0 Å². The van der Waals surface area contributed by atoms with Crippen molar-refractivity contribution >= 4 is 38.1 Å². The maximum Gasteiger partial charge on any atom is 0.283 e. The lowest BCUT2D eigenvalue weighted by Gasteiger charge is -2.28. The summed E-state index contributed by atoms with van der Waals surface area (Å²) in [7, 11) is -3.78. The van der Waals surface area contributed by atoms with Crippen LogP contribution in [-0.2, 0) is 16.6 Å². The molecule has 1 aliphatic rings. The first-order valence-electron chi connectivity index (χ1n) is 10.2. The monoisotopic (exact) mass is 460 g/mol. The van der Waals surface area contributed by atoms with E-state index in [2.05, 4.69) is 33.6 Å². The highest BCUT2D eigenvalue weighted by molar-refractivity contribution is 8.14. The molecule has 0 N–H and O–H groups in total. The molecule has 6 heteroatoms. The number of benzene rings is 3. The predicted molar refractivity (Wildman–Crippen MR) is 135 cm³/mol. The van der Waals surface area contributed by atoms with Gasteiger partial charge in [-0.1, -0.05) is 66.2 Å². The predicted octanol–water partition coefficient (Wildman–Crippen LogP) is 6.06. The fourth-order valence-corrected chi connectivity index (χ4v) is 5.20. The first-order valence-corrected chi connectivity index (χ1v) is 12.9. The third-order valence-corrected chi connectivity index (χ3v) is 7.22. The minimum atomic E-state index is -3.78. The SMILES string of the molecule is CSC(C=C1C=CN(Cc2ccccc2)c2ccccc21)=NS(=O)(=O)c1ccc(C)cc1. The second kappa shape index (κ2) is 9.59. The Balaban J connectivity index is 1.68. The third kappa shape index (κ3) is 5.03. The zero-order valence-corrected chi connectivity index (χ0v) is 19.6. The van der Waals surface area contributed by atoms with Crippen LogP contribution in [0.5, 0.6) is 0 Å². The average molecular weight is 461 g/mol. The average Bonchev–Trinajstić information content (AvgIpc) is 2.81. The summed E-state index contributed by atoms with van der Waals surface area (Å²) >= 11 is 1.31. The Kier molecular flexibility index (Phi) is 6.63. The molecule has 0 aliphatic carbocycles. The van der Waals surface area contributed by atoms with E-state index in [9.17, 15) is 8.42 Å². The van der Waals surface area contributed by atoms with E-state index in [1.807, 2.05) is 61.9 Å². The summed E-state index contributed by atoms with van der Waals surface area (Å²) in [6.45, 7) is 2.68. The summed E-state index contributed by atoms with van der Waals surface area (Å²) in [5, 5.41) is 0.441. The van der Waals surface area contributed by atoms with Gasteiger partial charge in [-0.15, -0.1) is 11.8 Å². The smallest absolute Gasteiger partial charge is 0.283 e. The lowest BCUT2D eigenvalue weighted by Crippen LogP contribution is -2.19. The summed E-state index contributed by atoms with van der Waals surface area (Å²) in [6.07, 6.45) is 7.72. The van der Waals surface area contributed by atoms with E-state index in [0.29, 0.717) is 5.04 Å². The van der Waals surface area contributed by atoms with E-state index in [-0.39, 0.29) is 4.90 Å². The summed E-state index contributed by atoms with van der Waals surface area (Å²) in [4.78, 5) is 2.39. The number of allylic oxidation sites excluding steroid dienone is 2. The molecule has 0 spiro atoms. The lowest BCUT2D eigenvalue weighted by molar-refractivity contribution is 0.598. The van der Waals surface area contributed by atoms with Gasteiger partial charge in [-0.25, -0.2) is 0 Å². The van der Waals surface area contributed by atoms with Gasteiger partial charge in [0, 0.05) is 24.0 Å². The van der Waals surface area contributed by atoms with E-state index in [0.717, 1.165) is 28.9 Å². The Morgan fingerprint density at radius 2 is 1.66 bits per heavy atom. The molecule has 0 saturated carbocycles. The van der Waals surface area contributed by atoms with E-state index in [1.165, 1.54) is 17.3 Å². The number of rotatable bonds is 5. The minimum absolute atomic E-state index is 0.196. The number of aryl methyl sites for hydroxylation is 1. The molecule has 1 aliphatic heterocycles. The van der Waals surface area contributed by atoms with Crippen molar-refractivity contribution in [1.82, 2.24) is 0 Å². The Morgan fingerprint density at radius 3 is 2.38 bits per heavy atom. The van der Waals surface area contributed by atoms with Crippen molar-refractivity contribution in [3.63, 3.8) is 0 Å². The van der Waals surface area contributed by atoms with E-state index in [1.54, 1.807) is 24.3 Å². The van der Waals surface area contributed by atoms with Crippen LogP contribution in [0, 0.1) is 6.92 Å². The fourth-order valence-electron chi connectivity index (χ4n) is 3.49. The molecule has 0 aromatic heterocycles. The van der Waals surface area contributed by atoms with Gasteiger partial charge in [0.25, 0.3) is 10.0 Å². The molecule has 4 rings (SSSR count). The molecule has 1 heterocycles. The van der Waals surface area contributed by atoms with Crippen molar-refractivity contribution in [3.8, 4) is 0 Å². The third-order valence-electron chi connectivity index (χ3n) is 5.17. The highest BCUT2D eigenvalue weighted by atomic mass is 32.2. The van der Waals surface area contributed by atoms with Crippen LogP contribution >= 0.6 is 11.8 Å². The molecule has 0 unspecified atom stereocenters. The second-order valence-electron chi connectivity index (χ2n) is 7.47. The number of hydrogen-bond donors (Lipinski definition) is 0. The molecule has 0 saturated heterocycles. The summed E-state index contributed by atoms with van der Waals surface area (Å²) in [5.41, 5.74) is 5.27. The Bertz CT molecular complexity index is 1290. The number of nitrogens with zero attached hydrogens (tertiary/aromatic N) is 2. The summed E-state index contributed by atoms with van der Waals surface area (Å²) < 4.78 is 29.7. The Labute approximate surface area is 194 Å². The van der Waals surface area contributed by atoms with Gasteiger partial charge in [0.2, 0.25) is 0 Å². The zero-order chi connectivity index (χ0) is 22.6. The van der Waals surface area contributed by atoms with E-state index >= 15 is 0 Å². The number of sulfonamides is 1. The highest BCUT2D eigenvalue weighted by Crippen LogP contribution is 2.34. The van der Waals surface area contributed by atoms with Crippen molar-refractivity contribution in [2.75, 3.05) is 11.2 Å². The maximum atomic E-state index is 12.8. The number of para-hydroxylation sites is 1. The first kappa shape index (κ1) is 22.1. The molecule has 3 aromatic rings. The minimum Gasteiger partial charge on any atom is -0.343 e. The number of hydrogen-bond acceptors (Lipinski definition) is 4. The van der Waals surface area contributed by atoms with Gasteiger partial charge >= 0.3 is 0 Å². The van der Waals surface area contributed by atoms with Crippen molar-refractivity contribution in [2.24, 2.45) is 4.40 Å². The number of anilines is 1. The molecule has 0 atom stereocenters. The molecular weight excluding hydrogens is 436 g/mol. The van der Waals surface area contributed by atoms with Crippen LogP contribution in [0.2, 0.25) is 0 Å². The van der Waals surface area contributed by atoms with Crippen LogP contribution < -0.4 is 4.90 Å². The molecule has 0 bridgehead atoms. The van der Waals surface area contributed by atoms with Gasteiger partial charge in [0.15, 0.2) is 0 Å². The number of thioether (sulfide) groups is 1. The van der Waals surface area contributed by atoms with Gasteiger partial charge in [0.1, 0.15) is 5.04 Å². The van der Waals surface area contributed by atoms with Crippen LogP contribution in [0.25, 0.3) is 5.57 Å². The van der Waals surface area contributed by atoms with Gasteiger partial charge in [0.05, 0.1) is 4.90 Å². The van der Waals surface area contributed by atoms with Crippen molar-refractivity contribution in [2.45, 2.75) is 18.4 Å². The standard InChI is InChI=1S/C26H24N2O2S2/c1-20-12-14-23(15-13-20)32(29,30)27-26(31-2)18-22-16-17-28(19-21-8-4-3-5-9-21)25-11-7-6-10-24(22)25/h3-18H,19H2,1-2H3. The largest absolute Gasteiger partial charge is 0.343 e. The molecule has 3 aromatic carbocycles. The Morgan fingerprint density at radius 1 is 0.969 bits per heavy atom. The van der Waals surface area contributed by atoms with E-state index < -0.39 is 10.0 Å². The summed E-state index contributed by atoms with van der Waals surface area (Å²) in [5.74, 6) is 0. The van der Waals surface area contributed by atoms with Crippen molar-refractivity contribution in [3.05, 3.63) is 114 Å². The van der Waals surface area contributed by atoms with E-state index in [4.69, 9.17) is 0 Å². The zero-order valence-electron chi connectivity index (χ0n) is 18.0.